The second kappa shape index (κ2) is 5.23. The van der Waals surface area contributed by atoms with Gasteiger partial charge in [-0.05, 0) is 19.8 Å². The first-order chi connectivity index (χ1) is 7.66. The Bertz CT molecular complexity index is 290. The van der Waals surface area contributed by atoms with Crippen LogP contribution in [0.15, 0.2) is 12.2 Å². The number of hydrogen-bond donors (Lipinski definition) is 0. The van der Waals surface area contributed by atoms with Crippen LogP contribution < -0.4 is 0 Å². The first kappa shape index (κ1) is 12.0. The van der Waals surface area contributed by atoms with E-state index >= 15 is 0 Å². The van der Waals surface area contributed by atoms with Crippen LogP contribution in [0.4, 0.5) is 0 Å². The van der Waals surface area contributed by atoms with E-state index in [2.05, 4.69) is 6.58 Å². The molecule has 16 heavy (non-hydrogen) atoms. The Morgan fingerprint density at radius 3 is 2.94 bits per heavy atom. The molecule has 2 rings (SSSR count). The van der Waals surface area contributed by atoms with Crippen LogP contribution in [-0.4, -0.2) is 29.4 Å². The number of hydrogen-bond acceptors (Lipinski definition) is 4. The van der Waals surface area contributed by atoms with Crippen LogP contribution in [0.1, 0.15) is 32.6 Å². The average molecular weight is 242 g/mol. The molecular formula is C12H18O3S. The maximum absolute atomic E-state index is 11.4. The van der Waals surface area contributed by atoms with E-state index in [4.69, 9.17) is 9.47 Å². The molecule has 4 heteroatoms. The Morgan fingerprint density at radius 2 is 2.19 bits per heavy atom. The maximum Gasteiger partial charge on any atom is 0.334 e. The van der Waals surface area contributed by atoms with E-state index in [1.165, 1.54) is 19.3 Å². The van der Waals surface area contributed by atoms with Gasteiger partial charge in [0.05, 0.1) is 12.7 Å². The van der Waals surface area contributed by atoms with Crippen LogP contribution >= 0.6 is 11.8 Å². The second-order valence-electron chi connectivity index (χ2n) is 4.45. The first-order valence-electron chi connectivity index (χ1n) is 5.80. The number of thioether (sulfide) groups is 1. The third kappa shape index (κ3) is 2.80. The number of ether oxygens (including phenoxy) is 2. The molecule has 0 aromatic rings. The highest BCUT2D eigenvalue weighted by molar-refractivity contribution is 8.00. The lowest BCUT2D eigenvalue weighted by Gasteiger charge is -2.38. The van der Waals surface area contributed by atoms with Crippen LogP contribution in [-0.2, 0) is 14.3 Å². The molecule has 0 bridgehead atoms. The van der Waals surface area contributed by atoms with Crippen LogP contribution in [0, 0.1) is 0 Å². The molecule has 0 aromatic carbocycles. The summed E-state index contributed by atoms with van der Waals surface area (Å²) in [6, 6.07) is 0. The lowest BCUT2D eigenvalue weighted by molar-refractivity contribution is -0.144. The molecule has 0 N–H and O–H groups in total. The van der Waals surface area contributed by atoms with Gasteiger partial charge in [-0.3, -0.25) is 0 Å². The van der Waals surface area contributed by atoms with E-state index in [1.807, 2.05) is 0 Å². The molecule has 0 radical (unpaired) electrons. The minimum absolute atomic E-state index is 0.149. The highest BCUT2D eigenvalue weighted by Gasteiger charge is 2.35. The molecule has 90 valence electrons. The normalized spacial score (nSPS) is 33.9. The largest absolute Gasteiger partial charge is 0.445 e. The van der Waals surface area contributed by atoms with Crippen LogP contribution in [0.5, 0.6) is 0 Å². The van der Waals surface area contributed by atoms with Gasteiger partial charge in [0, 0.05) is 10.8 Å². The molecule has 2 fully saturated rings. The predicted octanol–water partition coefficient (Wildman–Crippen LogP) is 2.51. The zero-order valence-corrected chi connectivity index (χ0v) is 10.4. The molecule has 1 heterocycles. The van der Waals surface area contributed by atoms with Crippen molar-refractivity contribution in [3.8, 4) is 0 Å². The summed E-state index contributed by atoms with van der Waals surface area (Å²) >= 11 is 1.75. The van der Waals surface area contributed by atoms with Crippen molar-refractivity contribution in [2.45, 2.75) is 49.4 Å². The summed E-state index contributed by atoms with van der Waals surface area (Å²) in [5.74, 6) is -0.310. The van der Waals surface area contributed by atoms with Crippen molar-refractivity contribution in [2.24, 2.45) is 0 Å². The maximum atomic E-state index is 11.4. The quantitative estimate of drug-likeness (QED) is 0.550. The summed E-state index contributed by atoms with van der Waals surface area (Å²) < 4.78 is 11.0. The Balaban J connectivity index is 1.85. The van der Waals surface area contributed by atoms with E-state index in [1.54, 1.807) is 18.7 Å². The van der Waals surface area contributed by atoms with E-state index in [0.717, 1.165) is 6.42 Å². The Labute approximate surface area is 101 Å². The molecule has 1 saturated carbocycles. The minimum Gasteiger partial charge on any atom is -0.445 e. The molecule has 3 unspecified atom stereocenters. The first-order valence-corrected chi connectivity index (χ1v) is 6.74. The van der Waals surface area contributed by atoms with Gasteiger partial charge in [-0.15, -0.1) is 11.8 Å². The molecule has 3 atom stereocenters. The SMILES string of the molecule is C=C(C)C(=O)OC1COC2CCCCC2S1. The number of carbonyl (C=O) groups is 1. The molecule has 2 aliphatic rings. The number of fused-ring (bicyclic) bond motifs is 1. The monoisotopic (exact) mass is 242 g/mol. The van der Waals surface area contributed by atoms with E-state index in [0.29, 0.717) is 23.5 Å². The minimum atomic E-state index is -0.310. The fourth-order valence-electron chi connectivity index (χ4n) is 2.13. The molecule has 1 saturated heterocycles. The summed E-state index contributed by atoms with van der Waals surface area (Å²) in [4.78, 5) is 11.4. The van der Waals surface area contributed by atoms with Crippen LogP contribution in [0.3, 0.4) is 0 Å². The summed E-state index contributed by atoms with van der Waals surface area (Å²) in [7, 11) is 0. The molecule has 1 aliphatic heterocycles. The highest BCUT2D eigenvalue weighted by atomic mass is 32.2. The summed E-state index contributed by atoms with van der Waals surface area (Å²) in [6.07, 6.45) is 5.23. The Kier molecular flexibility index (Phi) is 3.92. The van der Waals surface area contributed by atoms with Crippen molar-refractivity contribution in [1.29, 1.82) is 0 Å². The Morgan fingerprint density at radius 1 is 1.44 bits per heavy atom. The van der Waals surface area contributed by atoms with Gasteiger partial charge >= 0.3 is 5.97 Å². The summed E-state index contributed by atoms with van der Waals surface area (Å²) in [5, 5.41) is 0.505. The van der Waals surface area contributed by atoms with Crippen molar-refractivity contribution in [3.63, 3.8) is 0 Å². The topological polar surface area (TPSA) is 35.5 Å². The third-order valence-electron chi connectivity index (χ3n) is 3.00. The van der Waals surface area contributed by atoms with Crippen molar-refractivity contribution < 1.29 is 14.3 Å². The van der Waals surface area contributed by atoms with Gasteiger partial charge in [-0.1, -0.05) is 19.4 Å². The fourth-order valence-corrected chi connectivity index (χ4v) is 3.51. The number of esters is 1. The van der Waals surface area contributed by atoms with Crippen molar-refractivity contribution in [1.82, 2.24) is 0 Å². The number of carbonyl (C=O) groups excluding carboxylic acids is 1. The fraction of sp³-hybridized carbons (Fsp3) is 0.750. The van der Waals surface area contributed by atoms with Crippen LogP contribution in [0.25, 0.3) is 0 Å². The molecule has 3 nitrogen and oxygen atoms in total. The number of rotatable bonds is 2. The van der Waals surface area contributed by atoms with Crippen molar-refractivity contribution in [2.75, 3.05) is 6.61 Å². The predicted molar refractivity (Wildman–Crippen MR) is 64.3 cm³/mol. The van der Waals surface area contributed by atoms with E-state index in [-0.39, 0.29) is 11.4 Å². The Hall–Kier alpha value is -0.480. The molecule has 0 aromatic heterocycles. The highest BCUT2D eigenvalue weighted by Crippen LogP contribution is 2.37. The lowest BCUT2D eigenvalue weighted by Crippen LogP contribution is -2.40. The van der Waals surface area contributed by atoms with Gasteiger partial charge in [-0.25, -0.2) is 4.79 Å². The van der Waals surface area contributed by atoms with E-state index < -0.39 is 0 Å². The van der Waals surface area contributed by atoms with E-state index in [9.17, 15) is 4.79 Å². The average Bonchev–Trinajstić information content (AvgIpc) is 2.28. The molecule has 0 amide bonds. The molecular weight excluding hydrogens is 224 g/mol. The van der Waals surface area contributed by atoms with Gasteiger partial charge in [0.2, 0.25) is 0 Å². The lowest BCUT2D eigenvalue weighted by atomic mass is 9.97. The van der Waals surface area contributed by atoms with Crippen molar-refractivity contribution in [3.05, 3.63) is 12.2 Å². The third-order valence-corrected chi connectivity index (χ3v) is 4.43. The standard InChI is InChI=1S/C12H18O3S/c1-8(2)12(13)15-11-7-14-9-5-3-4-6-10(9)16-11/h9-11H,1,3-7H2,2H3. The smallest absolute Gasteiger partial charge is 0.334 e. The molecule has 1 aliphatic carbocycles. The van der Waals surface area contributed by atoms with Crippen LogP contribution in [0.2, 0.25) is 0 Å². The zero-order chi connectivity index (χ0) is 11.5. The summed E-state index contributed by atoms with van der Waals surface area (Å²) in [6.45, 7) is 5.76. The van der Waals surface area contributed by atoms with Gasteiger partial charge < -0.3 is 9.47 Å². The van der Waals surface area contributed by atoms with Gasteiger partial charge in [0.1, 0.15) is 0 Å². The molecule has 0 spiro atoms. The zero-order valence-electron chi connectivity index (χ0n) is 9.61. The van der Waals surface area contributed by atoms with Crippen molar-refractivity contribution >= 4 is 17.7 Å². The summed E-state index contributed by atoms with van der Waals surface area (Å²) in [5.41, 5.74) is 0.301. The van der Waals surface area contributed by atoms with Gasteiger partial charge in [-0.2, -0.15) is 0 Å². The van der Waals surface area contributed by atoms with Gasteiger partial charge in [0.25, 0.3) is 0 Å². The van der Waals surface area contributed by atoms with Gasteiger partial charge in [0.15, 0.2) is 5.44 Å². The second-order valence-corrected chi connectivity index (χ2v) is 5.85.